The molecular weight excluding hydrogens is 302 g/mol. The minimum absolute atomic E-state index is 0.0273. The molecule has 4 nitrogen and oxygen atoms in total. The maximum Gasteiger partial charge on any atom is 0.307 e. The van der Waals surface area contributed by atoms with Gasteiger partial charge in [0.2, 0.25) is 0 Å². The van der Waals surface area contributed by atoms with Gasteiger partial charge >= 0.3 is 5.97 Å². The molecule has 0 bridgehead atoms. The Morgan fingerprint density at radius 1 is 1.12 bits per heavy atom. The average Bonchev–Trinajstić information content (AvgIpc) is 2.59. The van der Waals surface area contributed by atoms with Crippen LogP contribution in [0.25, 0.3) is 10.9 Å². The molecule has 1 N–H and O–H groups in total. The third-order valence-electron chi connectivity index (χ3n) is 3.89. The summed E-state index contributed by atoms with van der Waals surface area (Å²) in [6.45, 7) is 2.41. The third-order valence-corrected chi connectivity index (χ3v) is 3.89. The monoisotopic (exact) mass is 321 g/mol. The quantitative estimate of drug-likeness (QED) is 0.745. The van der Waals surface area contributed by atoms with Crippen LogP contribution in [-0.4, -0.2) is 16.1 Å². The summed E-state index contributed by atoms with van der Waals surface area (Å²) < 4.78 is 5.91. The number of benzene rings is 2. The molecule has 3 rings (SSSR count). The summed E-state index contributed by atoms with van der Waals surface area (Å²) in [5.74, 6) is -0.0484. The zero-order valence-corrected chi connectivity index (χ0v) is 13.5. The lowest BCUT2D eigenvalue weighted by Gasteiger charge is -2.12. The number of ether oxygens (including phenoxy) is 1. The molecule has 2 aromatic carbocycles. The molecule has 24 heavy (non-hydrogen) atoms. The Balaban J connectivity index is 1.76. The molecular formula is C20H19NO3. The first-order valence-electron chi connectivity index (χ1n) is 7.97. The van der Waals surface area contributed by atoms with Gasteiger partial charge in [-0.15, -0.1) is 0 Å². The Kier molecular flexibility index (Phi) is 4.75. The first kappa shape index (κ1) is 16.0. The SMILES string of the molecule is CCc1cc(CC(=O)O)ccc1OCc1ccc2ccccc2n1. The standard InChI is InChI=1S/C20H19NO3/c1-2-15-11-14(12-20(22)23)7-10-19(15)24-13-17-9-8-16-5-3-4-6-18(16)21-17/h3-11H,2,12-13H2,1H3,(H,22,23). The van der Waals surface area contributed by atoms with Crippen LogP contribution in [0.2, 0.25) is 0 Å². The Morgan fingerprint density at radius 2 is 1.96 bits per heavy atom. The van der Waals surface area contributed by atoms with Gasteiger partial charge in [0.15, 0.2) is 0 Å². The van der Waals surface area contributed by atoms with Gasteiger partial charge in [-0.2, -0.15) is 0 Å². The fourth-order valence-electron chi connectivity index (χ4n) is 2.67. The summed E-state index contributed by atoms with van der Waals surface area (Å²) >= 11 is 0. The van der Waals surface area contributed by atoms with Crippen molar-refractivity contribution in [1.29, 1.82) is 0 Å². The Morgan fingerprint density at radius 3 is 2.75 bits per heavy atom. The smallest absolute Gasteiger partial charge is 0.307 e. The molecule has 0 aliphatic carbocycles. The van der Waals surface area contributed by atoms with Crippen molar-refractivity contribution in [2.45, 2.75) is 26.4 Å². The summed E-state index contributed by atoms with van der Waals surface area (Å²) in [5, 5.41) is 10.0. The topological polar surface area (TPSA) is 59.4 Å². The Labute approximate surface area is 140 Å². The minimum Gasteiger partial charge on any atom is -0.487 e. The second kappa shape index (κ2) is 7.13. The largest absolute Gasteiger partial charge is 0.487 e. The summed E-state index contributed by atoms with van der Waals surface area (Å²) in [7, 11) is 0. The zero-order chi connectivity index (χ0) is 16.9. The van der Waals surface area contributed by atoms with Crippen molar-refractivity contribution in [3.63, 3.8) is 0 Å². The normalized spacial score (nSPS) is 10.7. The number of carboxylic acids is 1. The van der Waals surface area contributed by atoms with Gasteiger partial charge in [0.25, 0.3) is 0 Å². The molecule has 0 atom stereocenters. The number of pyridine rings is 1. The molecule has 0 spiro atoms. The van der Waals surface area contributed by atoms with Crippen LogP contribution in [0.1, 0.15) is 23.7 Å². The molecule has 0 fully saturated rings. The van der Waals surface area contributed by atoms with Crippen molar-refractivity contribution in [2.75, 3.05) is 0 Å². The number of fused-ring (bicyclic) bond motifs is 1. The molecule has 0 radical (unpaired) electrons. The fourth-order valence-corrected chi connectivity index (χ4v) is 2.67. The number of aliphatic carboxylic acids is 1. The van der Waals surface area contributed by atoms with E-state index in [1.165, 1.54) is 0 Å². The highest BCUT2D eigenvalue weighted by atomic mass is 16.5. The highest BCUT2D eigenvalue weighted by Gasteiger charge is 2.07. The molecule has 0 unspecified atom stereocenters. The summed E-state index contributed by atoms with van der Waals surface area (Å²) in [6, 6.07) is 17.5. The number of para-hydroxylation sites is 1. The Bertz CT molecular complexity index is 874. The number of nitrogens with zero attached hydrogens (tertiary/aromatic N) is 1. The van der Waals surface area contributed by atoms with Gasteiger partial charge in [0.1, 0.15) is 12.4 Å². The number of aryl methyl sites for hydroxylation is 1. The molecule has 3 aromatic rings. The van der Waals surface area contributed by atoms with Crippen LogP contribution in [0.4, 0.5) is 0 Å². The lowest BCUT2D eigenvalue weighted by atomic mass is 10.1. The highest BCUT2D eigenvalue weighted by molar-refractivity contribution is 5.78. The first-order chi connectivity index (χ1) is 11.7. The predicted octanol–water partition coefficient (Wildman–Crippen LogP) is 4.00. The van der Waals surface area contributed by atoms with Crippen LogP contribution in [0.5, 0.6) is 5.75 Å². The molecule has 0 saturated heterocycles. The third kappa shape index (κ3) is 3.71. The van der Waals surface area contributed by atoms with Crippen molar-refractivity contribution < 1.29 is 14.6 Å². The van der Waals surface area contributed by atoms with Crippen molar-refractivity contribution >= 4 is 16.9 Å². The van der Waals surface area contributed by atoms with Crippen LogP contribution in [0.15, 0.2) is 54.6 Å². The number of rotatable bonds is 6. The van der Waals surface area contributed by atoms with E-state index in [1.54, 1.807) is 6.07 Å². The second-order valence-corrected chi connectivity index (χ2v) is 5.65. The number of carbonyl (C=O) groups is 1. The molecule has 122 valence electrons. The van der Waals surface area contributed by atoms with Crippen LogP contribution in [0, 0.1) is 0 Å². The van der Waals surface area contributed by atoms with Crippen molar-refractivity contribution in [2.24, 2.45) is 0 Å². The highest BCUT2D eigenvalue weighted by Crippen LogP contribution is 2.22. The van der Waals surface area contributed by atoms with Crippen molar-refractivity contribution in [3.05, 3.63) is 71.4 Å². The van der Waals surface area contributed by atoms with E-state index in [9.17, 15) is 4.79 Å². The molecule has 1 heterocycles. The van der Waals surface area contributed by atoms with Gasteiger partial charge in [-0.1, -0.05) is 43.3 Å². The van der Waals surface area contributed by atoms with Crippen LogP contribution >= 0.6 is 0 Å². The molecule has 0 aliphatic rings. The van der Waals surface area contributed by atoms with Gasteiger partial charge in [-0.3, -0.25) is 4.79 Å². The van der Waals surface area contributed by atoms with Crippen LogP contribution in [-0.2, 0) is 24.2 Å². The molecule has 0 amide bonds. The van der Waals surface area contributed by atoms with Crippen LogP contribution in [0.3, 0.4) is 0 Å². The molecule has 4 heteroatoms. The van der Waals surface area contributed by atoms with E-state index < -0.39 is 5.97 Å². The zero-order valence-electron chi connectivity index (χ0n) is 13.5. The second-order valence-electron chi connectivity index (χ2n) is 5.65. The Hall–Kier alpha value is -2.88. The predicted molar refractivity (Wildman–Crippen MR) is 93.2 cm³/mol. The van der Waals surface area contributed by atoms with E-state index in [2.05, 4.69) is 4.98 Å². The maximum atomic E-state index is 10.8. The van der Waals surface area contributed by atoms with Gasteiger partial charge in [0.05, 0.1) is 17.6 Å². The maximum absolute atomic E-state index is 10.8. The summed E-state index contributed by atoms with van der Waals surface area (Å²) in [4.78, 5) is 15.4. The molecule has 1 aromatic heterocycles. The lowest BCUT2D eigenvalue weighted by molar-refractivity contribution is -0.136. The first-order valence-corrected chi connectivity index (χ1v) is 7.97. The van der Waals surface area contributed by atoms with Gasteiger partial charge in [-0.25, -0.2) is 4.98 Å². The van der Waals surface area contributed by atoms with Crippen molar-refractivity contribution in [1.82, 2.24) is 4.98 Å². The van der Waals surface area contributed by atoms with E-state index in [-0.39, 0.29) is 6.42 Å². The fraction of sp³-hybridized carbons (Fsp3) is 0.200. The minimum atomic E-state index is -0.828. The lowest BCUT2D eigenvalue weighted by Crippen LogP contribution is -2.03. The van der Waals surface area contributed by atoms with E-state index in [0.29, 0.717) is 6.61 Å². The summed E-state index contributed by atoms with van der Waals surface area (Å²) in [6.07, 6.45) is 0.813. The van der Waals surface area contributed by atoms with Gasteiger partial charge in [0, 0.05) is 5.39 Å². The van der Waals surface area contributed by atoms with E-state index >= 15 is 0 Å². The number of hydrogen-bond donors (Lipinski definition) is 1. The van der Waals surface area contributed by atoms with Gasteiger partial charge < -0.3 is 9.84 Å². The number of aromatic nitrogens is 1. The van der Waals surface area contributed by atoms with Crippen LogP contribution < -0.4 is 4.74 Å². The molecule has 0 saturated carbocycles. The average molecular weight is 321 g/mol. The summed E-state index contributed by atoms with van der Waals surface area (Å²) in [5.41, 5.74) is 3.61. The number of hydrogen-bond acceptors (Lipinski definition) is 3. The molecule has 0 aliphatic heterocycles. The van der Waals surface area contributed by atoms with E-state index in [4.69, 9.17) is 9.84 Å². The van der Waals surface area contributed by atoms with E-state index in [0.717, 1.165) is 39.9 Å². The van der Waals surface area contributed by atoms with Crippen molar-refractivity contribution in [3.8, 4) is 5.75 Å². The van der Waals surface area contributed by atoms with E-state index in [1.807, 2.05) is 55.5 Å². The van der Waals surface area contributed by atoms with Gasteiger partial charge in [-0.05, 0) is 35.7 Å². The number of carboxylic acid groups (broad SMARTS) is 1.